The van der Waals surface area contributed by atoms with Crippen molar-refractivity contribution in [1.82, 2.24) is 5.43 Å². The van der Waals surface area contributed by atoms with E-state index in [4.69, 9.17) is 10.00 Å². The molecule has 1 aromatic carbocycles. The Morgan fingerprint density at radius 3 is 2.61 bits per heavy atom. The summed E-state index contributed by atoms with van der Waals surface area (Å²) in [5.74, 6) is 0.197. The van der Waals surface area contributed by atoms with Crippen molar-refractivity contribution in [3.63, 3.8) is 0 Å². The second-order valence-electron chi connectivity index (χ2n) is 4.98. The number of nitrogens with zero attached hydrogens (tertiary/aromatic N) is 2. The number of hydrogen-bond donors (Lipinski definition) is 1. The molecule has 0 atom stereocenters. The lowest BCUT2D eigenvalue weighted by Crippen LogP contribution is -2.25. The van der Waals surface area contributed by atoms with Crippen LogP contribution in [-0.2, 0) is 4.79 Å². The lowest BCUT2D eigenvalue weighted by atomic mass is 10.2. The Morgan fingerprint density at radius 1 is 1.35 bits per heavy atom. The lowest BCUT2D eigenvalue weighted by Gasteiger charge is -2.05. The van der Waals surface area contributed by atoms with E-state index in [-0.39, 0.29) is 12.5 Å². The molecule has 0 radical (unpaired) electrons. The normalized spacial score (nSPS) is 11.0. The Labute approximate surface area is 139 Å². The van der Waals surface area contributed by atoms with Crippen LogP contribution in [0.25, 0.3) is 0 Å². The average molecular weight is 327 g/mol. The van der Waals surface area contributed by atoms with Crippen LogP contribution in [0, 0.1) is 25.2 Å². The Hall–Kier alpha value is -2.65. The lowest BCUT2D eigenvalue weighted by molar-refractivity contribution is -0.123. The van der Waals surface area contributed by atoms with Gasteiger partial charge in [-0.3, -0.25) is 4.79 Å². The van der Waals surface area contributed by atoms with Crippen molar-refractivity contribution in [2.24, 2.45) is 5.10 Å². The maximum absolute atomic E-state index is 11.8. The van der Waals surface area contributed by atoms with Gasteiger partial charge < -0.3 is 4.74 Å². The van der Waals surface area contributed by atoms with E-state index in [2.05, 4.69) is 16.6 Å². The van der Waals surface area contributed by atoms with Crippen LogP contribution in [0.3, 0.4) is 0 Å². The van der Waals surface area contributed by atoms with Crippen LogP contribution >= 0.6 is 11.3 Å². The number of nitrogens with one attached hydrogen (secondary N) is 1. The number of hydrogen-bond acceptors (Lipinski definition) is 5. The highest BCUT2D eigenvalue weighted by Gasteiger charge is 2.07. The molecule has 6 heteroatoms. The van der Waals surface area contributed by atoms with Crippen molar-refractivity contribution in [2.75, 3.05) is 6.61 Å². The first-order chi connectivity index (χ1) is 11.0. The maximum Gasteiger partial charge on any atom is 0.277 e. The van der Waals surface area contributed by atoms with Gasteiger partial charge in [-0.05, 0) is 51.1 Å². The molecule has 0 saturated carbocycles. The van der Waals surface area contributed by atoms with Gasteiger partial charge in [0.2, 0.25) is 0 Å². The summed E-state index contributed by atoms with van der Waals surface area (Å²) in [6, 6.07) is 10.6. The molecule has 1 aromatic heterocycles. The number of carbonyl (C=O) groups is 1. The van der Waals surface area contributed by atoms with Gasteiger partial charge in [0.05, 0.1) is 17.3 Å². The summed E-state index contributed by atoms with van der Waals surface area (Å²) in [4.78, 5) is 14.2. The van der Waals surface area contributed by atoms with E-state index in [0.717, 1.165) is 11.3 Å². The van der Waals surface area contributed by atoms with Crippen LogP contribution in [0.5, 0.6) is 5.75 Å². The van der Waals surface area contributed by atoms with Gasteiger partial charge in [0, 0.05) is 15.3 Å². The van der Waals surface area contributed by atoms with E-state index in [1.165, 1.54) is 9.75 Å². The summed E-state index contributed by atoms with van der Waals surface area (Å²) in [5, 5.41) is 12.8. The van der Waals surface area contributed by atoms with E-state index in [1.807, 2.05) is 26.8 Å². The smallest absolute Gasteiger partial charge is 0.277 e. The van der Waals surface area contributed by atoms with E-state index < -0.39 is 0 Å². The van der Waals surface area contributed by atoms with Gasteiger partial charge in [-0.2, -0.15) is 10.4 Å². The first-order valence-electron chi connectivity index (χ1n) is 7.03. The molecular weight excluding hydrogens is 310 g/mol. The fourth-order valence-electron chi connectivity index (χ4n) is 2.00. The number of carbonyl (C=O) groups excluding carboxylic acids is 1. The molecular formula is C17H17N3O2S. The number of ether oxygens (including phenoxy) is 1. The Kier molecular flexibility index (Phi) is 5.50. The average Bonchev–Trinajstić information content (AvgIpc) is 2.89. The van der Waals surface area contributed by atoms with Crippen LogP contribution in [-0.4, -0.2) is 18.2 Å². The second-order valence-corrected chi connectivity index (χ2v) is 6.44. The quantitative estimate of drug-likeness (QED) is 0.677. The first kappa shape index (κ1) is 16.7. The summed E-state index contributed by atoms with van der Waals surface area (Å²) >= 11 is 1.70. The molecule has 0 fully saturated rings. The minimum atomic E-state index is -0.335. The molecule has 0 aliphatic rings. The summed E-state index contributed by atoms with van der Waals surface area (Å²) in [7, 11) is 0. The van der Waals surface area contributed by atoms with Gasteiger partial charge in [0.1, 0.15) is 5.75 Å². The molecule has 0 spiro atoms. The van der Waals surface area contributed by atoms with Crippen molar-refractivity contribution < 1.29 is 9.53 Å². The largest absolute Gasteiger partial charge is 0.484 e. The van der Waals surface area contributed by atoms with Crippen molar-refractivity contribution in [1.29, 1.82) is 5.26 Å². The van der Waals surface area contributed by atoms with Crippen molar-refractivity contribution in [3.05, 3.63) is 51.2 Å². The Bertz CT molecular complexity index is 770. The molecule has 0 bridgehead atoms. The number of thiophene rings is 1. The van der Waals surface area contributed by atoms with Crippen LogP contribution in [0.2, 0.25) is 0 Å². The molecule has 1 amide bonds. The minimum absolute atomic E-state index is 0.135. The molecule has 0 aliphatic carbocycles. The standard InChI is InChI=1S/C17H17N3O2S/c1-11-8-16(13(3)23-11)12(2)19-20-17(21)10-22-15-6-4-14(9-18)5-7-15/h4-8H,10H2,1-3H3,(H,20,21)/b19-12-. The number of nitriles is 1. The molecule has 0 unspecified atom stereocenters. The summed E-state index contributed by atoms with van der Waals surface area (Å²) < 4.78 is 5.34. The van der Waals surface area contributed by atoms with Crippen LogP contribution in [0.4, 0.5) is 0 Å². The SMILES string of the molecule is C/C(=N/NC(=O)COc1ccc(C#N)cc1)c1cc(C)sc1C. The Morgan fingerprint density at radius 2 is 2.04 bits per heavy atom. The monoisotopic (exact) mass is 327 g/mol. The number of hydrazone groups is 1. The fourth-order valence-corrected chi connectivity index (χ4v) is 2.98. The van der Waals surface area contributed by atoms with Crippen molar-refractivity contribution in [3.8, 4) is 11.8 Å². The minimum Gasteiger partial charge on any atom is -0.484 e. The molecule has 1 heterocycles. The predicted molar refractivity (Wildman–Crippen MR) is 90.8 cm³/mol. The molecule has 0 aliphatic heterocycles. The van der Waals surface area contributed by atoms with Crippen LogP contribution in [0.15, 0.2) is 35.4 Å². The van der Waals surface area contributed by atoms with E-state index in [1.54, 1.807) is 35.6 Å². The molecule has 0 saturated heterocycles. The zero-order valence-corrected chi connectivity index (χ0v) is 14.0. The topological polar surface area (TPSA) is 74.5 Å². The molecule has 5 nitrogen and oxygen atoms in total. The van der Waals surface area contributed by atoms with Gasteiger partial charge >= 0.3 is 0 Å². The molecule has 118 valence electrons. The van der Waals surface area contributed by atoms with E-state index >= 15 is 0 Å². The molecule has 2 rings (SSSR count). The highest BCUT2D eigenvalue weighted by atomic mass is 32.1. The predicted octanol–water partition coefficient (Wildman–Crippen LogP) is 3.16. The van der Waals surface area contributed by atoms with Gasteiger partial charge in [-0.25, -0.2) is 5.43 Å². The molecule has 23 heavy (non-hydrogen) atoms. The Balaban J connectivity index is 1.88. The fraction of sp³-hybridized carbons (Fsp3) is 0.235. The molecule has 2 aromatic rings. The third kappa shape index (κ3) is 4.66. The van der Waals surface area contributed by atoms with E-state index in [9.17, 15) is 4.79 Å². The van der Waals surface area contributed by atoms with Gasteiger partial charge in [-0.15, -0.1) is 11.3 Å². The number of amides is 1. The highest BCUT2D eigenvalue weighted by molar-refractivity contribution is 7.12. The molecule has 1 N–H and O–H groups in total. The van der Waals surface area contributed by atoms with Gasteiger partial charge in [-0.1, -0.05) is 0 Å². The maximum atomic E-state index is 11.8. The third-order valence-electron chi connectivity index (χ3n) is 3.13. The summed E-state index contributed by atoms with van der Waals surface area (Å²) in [5.41, 5.74) is 4.84. The van der Waals surface area contributed by atoms with Crippen molar-refractivity contribution >= 4 is 23.0 Å². The highest BCUT2D eigenvalue weighted by Crippen LogP contribution is 2.21. The van der Waals surface area contributed by atoms with Crippen LogP contribution in [0.1, 0.15) is 27.8 Å². The second kappa shape index (κ2) is 7.56. The zero-order chi connectivity index (χ0) is 16.8. The number of aryl methyl sites for hydroxylation is 2. The third-order valence-corrected chi connectivity index (χ3v) is 4.10. The summed E-state index contributed by atoms with van der Waals surface area (Å²) in [6.45, 7) is 5.79. The van der Waals surface area contributed by atoms with Crippen molar-refractivity contribution in [2.45, 2.75) is 20.8 Å². The van der Waals surface area contributed by atoms with Gasteiger partial charge in [0.25, 0.3) is 5.91 Å². The van der Waals surface area contributed by atoms with Gasteiger partial charge in [0.15, 0.2) is 6.61 Å². The van der Waals surface area contributed by atoms with Crippen LogP contribution < -0.4 is 10.2 Å². The summed E-state index contributed by atoms with van der Waals surface area (Å²) in [6.07, 6.45) is 0. The number of benzene rings is 1. The number of rotatable bonds is 5. The zero-order valence-electron chi connectivity index (χ0n) is 13.2. The first-order valence-corrected chi connectivity index (χ1v) is 7.84. The van der Waals surface area contributed by atoms with E-state index in [0.29, 0.717) is 11.3 Å².